The van der Waals surface area contributed by atoms with Gasteiger partial charge in [-0.15, -0.1) is 0 Å². The lowest BCUT2D eigenvalue weighted by atomic mass is 9.83. The zero-order valence-corrected chi connectivity index (χ0v) is 11.3. The first kappa shape index (κ1) is 13.6. The number of hydrogen-bond acceptors (Lipinski definition) is 2. The van der Waals surface area contributed by atoms with E-state index < -0.39 is 0 Å². The summed E-state index contributed by atoms with van der Waals surface area (Å²) in [5, 5.41) is 3.61. The summed E-state index contributed by atoms with van der Waals surface area (Å²) in [5.74, 6) is 0.991. The maximum Gasteiger partial charge on any atom is 0.0193 e. The van der Waals surface area contributed by atoms with E-state index in [9.17, 15) is 0 Å². The van der Waals surface area contributed by atoms with Gasteiger partial charge in [-0.1, -0.05) is 49.6 Å². The predicted molar refractivity (Wildman–Crippen MR) is 77.6 cm³/mol. The average molecular weight is 246 g/mol. The van der Waals surface area contributed by atoms with Crippen molar-refractivity contribution in [2.75, 3.05) is 13.1 Å². The fourth-order valence-electron chi connectivity index (χ4n) is 2.56. The lowest BCUT2D eigenvalue weighted by Gasteiger charge is -2.26. The summed E-state index contributed by atoms with van der Waals surface area (Å²) < 4.78 is 0. The quantitative estimate of drug-likeness (QED) is 0.740. The Balaban J connectivity index is 1.62. The maximum atomic E-state index is 5.84. The normalized spacial score (nSPS) is 17.4. The summed E-state index contributed by atoms with van der Waals surface area (Å²) >= 11 is 0. The molecule has 1 fully saturated rings. The van der Waals surface area contributed by atoms with Crippen LogP contribution in [0.25, 0.3) is 0 Å². The lowest BCUT2D eigenvalue weighted by molar-refractivity contribution is 0.286. The van der Waals surface area contributed by atoms with E-state index in [0.717, 1.165) is 31.8 Å². The van der Waals surface area contributed by atoms with Crippen molar-refractivity contribution in [1.82, 2.24) is 5.32 Å². The molecule has 0 heterocycles. The van der Waals surface area contributed by atoms with Crippen molar-refractivity contribution in [2.45, 2.75) is 44.6 Å². The number of nitrogens with two attached hydrogens (primary N) is 1. The molecule has 1 aliphatic carbocycles. The van der Waals surface area contributed by atoms with E-state index in [1.807, 2.05) is 0 Å². The van der Waals surface area contributed by atoms with Crippen LogP contribution in [-0.2, 0) is 6.42 Å². The van der Waals surface area contributed by atoms with Gasteiger partial charge in [-0.25, -0.2) is 0 Å². The molecule has 1 saturated carbocycles. The third-order valence-corrected chi connectivity index (χ3v) is 4.12. The van der Waals surface area contributed by atoms with Crippen molar-refractivity contribution in [3.8, 4) is 0 Å². The second-order valence-electron chi connectivity index (χ2n) is 5.50. The van der Waals surface area contributed by atoms with E-state index in [2.05, 4.69) is 35.6 Å². The molecule has 0 aromatic heterocycles. The van der Waals surface area contributed by atoms with Crippen LogP contribution in [-0.4, -0.2) is 19.1 Å². The molecule has 1 aromatic rings. The molecule has 1 aromatic carbocycles. The number of benzene rings is 1. The summed E-state index contributed by atoms with van der Waals surface area (Å²) in [4.78, 5) is 0. The van der Waals surface area contributed by atoms with E-state index >= 15 is 0 Å². The minimum atomic E-state index is 0.477. The predicted octanol–water partition coefficient (Wildman–Crippen LogP) is 2.73. The molecule has 3 N–H and O–H groups in total. The van der Waals surface area contributed by atoms with Gasteiger partial charge < -0.3 is 11.1 Å². The molecule has 0 amide bonds. The first-order valence-electron chi connectivity index (χ1n) is 7.36. The van der Waals surface area contributed by atoms with Gasteiger partial charge in [0.25, 0.3) is 0 Å². The molecule has 0 bridgehead atoms. The molecule has 0 saturated heterocycles. The van der Waals surface area contributed by atoms with Crippen LogP contribution in [0, 0.1) is 5.92 Å². The van der Waals surface area contributed by atoms with Crippen molar-refractivity contribution in [3.63, 3.8) is 0 Å². The van der Waals surface area contributed by atoms with Gasteiger partial charge in [0.2, 0.25) is 0 Å². The van der Waals surface area contributed by atoms with Crippen LogP contribution < -0.4 is 11.1 Å². The van der Waals surface area contributed by atoms with Gasteiger partial charge >= 0.3 is 0 Å². The molecule has 100 valence electrons. The topological polar surface area (TPSA) is 38.0 Å². The zero-order chi connectivity index (χ0) is 12.6. The zero-order valence-electron chi connectivity index (χ0n) is 11.3. The van der Waals surface area contributed by atoms with E-state index in [-0.39, 0.29) is 0 Å². The lowest BCUT2D eigenvalue weighted by Crippen LogP contribution is -2.38. The molecule has 2 nitrogen and oxygen atoms in total. The van der Waals surface area contributed by atoms with Gasteiger partial charge in [-0.05, 0) is 37.3 Å². The standard InChI is InChI=1S/C16H26N2/c17-13-16(18-12-11-15-7-4-8-15)10-9-14-5-2-1-3-6-14/h1-3,5-6,15-16,18H,4,7-13,17H2. The van der Waals surface area contributed by atoms with Crippen LogP contribution in [0.3, 0.4) is 0 Å². The van der Waals surface area contributed by atoms with Crippen molar-refractivity contribution < 1.29 is 0 Å². The van der Waals surface area contributed by atoms with Gasteiger partial charge in [0.15, 0.2) is 0 Å². The highest BCUT2D eigenvalue weighted by Gasteiger charge is 2.17. The number of rotatable bonds is 8. The van der Waals surface area contributed by atoms with E-state index in [4.69, 9.17) is 5.73 Å². The summed E-state index contributed by atoms with van der Waals surface area (Å²) in [6.45, 7) is 1.89. The monoisotopic (exact) mass is 246 g/mol. The van der Waals surface area contributed by atoms with Crippen LogP contribution in [0.4, 0.5) is 0 Å². The van der Waals surface area contributed by atoms with Crippen molar-refractivity contribution >= 4 is 0 Å². The van der Waals surface area contributed by atoms with Crippen molar-refractivity contribution in [3.05, 3.63) is 35.9 Å². The SMILES string of the molecule is NCC(CCc1ccccc1)NCCC1CCC1. The molecule has 0 aliphatic heterocycles. The molecular weight excluding hydrogens is 220 g/mol. The second-order valence-corrected chi connectivity index (χ2v) is 5.50. The van der Waals surface area contributed by atoms with Gasteiger partial charge in [-0.3, -0.25) is 0 Å². The third-order valence-electron chi connectivity index (χ3n) is 4.12. The summed E-state index contributed by atoms with van der Waals surface area (Å²) in [7, 11) is 0. The Labute approximate surface area is 111 Å². The minimum Gasteiger partial charge on any atom is -0.329 e. The van der Waals surface area contributed by atoms with Crippen LogP contribution in [0.15, 0.2) is 30.3 Å². The van der Waals surface area contributed by atoms with Crippen LogP contribution in [0.2, 0.25) is 0 Å². The number of hydrogen-bond donors (Lipinski definition) is 2. The molecule has 1 aliphatic rings. The molecule has 2 heteroatoms. The third kappa shape index (κ3) is 4.43. The summed E-state index contributed by atoms with van der Waals surface area (Å²) in [6.07, 6.45) is 7.93. The van der Waals surface area contributed by atoms with Crippen LogP contribution >= 0.6 is 0 Å². The largest absolute Gasteiger partial charge is 0.329 e. The van der Waals surface area contributed by atoms with E-state index in [1.165, 1.54) is 31.2 Å². The van der Waals surface area contributed by atoms with Crippen molar-refractivity contribution in [1.29, 1.82) is 0 Å². The Morgan fingerprint density at radius 2 is 2.00 bits per heavy atom. The Morgan fingerprint density at radius 1 is 1.22 bits per heavy atom. The Kier molecular flexibility index (Phi) is 5.69. The van der Waals surface area contributed by atoms with Crippen molar-refractivity contribution in [2.24, 2.45) is 11.7 Å². The highest BCUT2D eigenvalue weighted by molar-refractivity contribution is 5.14. The maximum absolute atomic E-state index is 5.84. The minimum absolute atomic E-state index is 0.477. The molecule has 0 radical (unpaired) electrons. The summed E-state index contributed by atoms with van der Waals surface area (Å²) in [5.41, 5.74) is 7.25. The second kappa shape index (κ2) is 7.55. The highest BCUT2D eigenvalue weighted by atomic mass is 14.9. The summed E-state index contributed by atoms with van der Waals surface area (Å²) in [6, 6.07) is 11.2. The van der Waals surface area contributed by atoms with Gasteiger partial charge in [-0.2, -0.15) is 0 Å². The van der Waals surface area contributed by atoms with Gasteiger partial charge in [0.1, 0.15) is 0 Å². The first-order chi connectivity index (χ1) is 8.88. The van der Waals surface area contributed by atoms with Gasteiger partial charge in [0, 0.05) is 12.6 Å². The molecule has 1 atom stereocenters. The Morgan fingerprint density at radius 3 is 2.61 bits per heavy atom. The molecule has 2 rings (SSSR count). The first-order valence-corrected chi connectivity index (χ1v) is 7.36. The Bertz CT molecular complexity index is 319. The number of aryl methyl sites for hydroxylation is 1. The molecule has 1 unspecified atom stereocenters. The Hall–Kier alpha value is -0.860. The average Bonchev–Trinajstić information content (AvgIpc) is 2.37. The van der Waals surface area contributed by atoms with E-state index in [0.29, 0.717) is 6.04 Å². The van der Waals surface area contributed by atoms with E-state index in [1.54, 1.807) is 0 Å². The number of nitrogens with one attached hydrogen (secondary N) is 1. The molecule has 18 heavy (non-hydrogen) atoms. The molecular formula is C16H26N2. The van der Waals surface area contributed by atoms with Crippen LogP contribution in [0.1, 0.15) is 37.7 Å². The fourth-order valence-corrected chi connectivity index (χ4v) is 2.56. The van der Waals surface area contributed by atoms with Crippen LogP contribution in [0.5, 0.6) is 0 Å². The fraction of sp³-hybridized carbons (Fsp3) is 0.625. The molecule has 0 spiro atoms. The smallest absolute Gasteiger partial charge is 0.0193 e. The van der Waals surface area contributed by atoms with Gasteiger partial charge in [0.05, 0.1) is 0 Å². The highest BCUT2D eigenvalue weighted by Crippen LogP contribution is 2.28.